The molecule has 126 valence electrons. The first kappa shape index (κ1) is 16.7. The quantitative estimate of drug-likeness (QED) is 0.574. The summed E-state index contributed by atoms with van der Waals surface area (Å²) in [7, 11) is 0. The van der Waals surface area contributed by atoms with Crippen molar-refractivity contribution in [2.45, 2.75) is 32.7 Å². The molecule has 2 aromatic heterocycles. The Morgan fingerprint density at radius 1 is 1.25 bits per heavy atom. The van der Waals surface area contributed by atoms with Crippen LogP contribution in [-0.2, 0) is 13.0 Å². The topological polar surface area (TPSA) is 71.4 Å². The fraction of sp³-hybridized carbons (Fsp3) is 0.353. The summed E-state index contributed by atoms with van der Waals surface area (Å²) in [6.07, 6.45) is 6.92. The molecule has 0 aliphatic rings. The van der Waals surface area contributed by atoms with Gasteiger partial charge in [-0.3, -0.25) is 4.68 Å². The number of imidazole rings is 1. The number of nitrogens with one attached hydrogen (secondary N) is 2. The molecule has 0 aliphatic carbocycles. The number of aromatic amines is 1. The molecule has 0 aliphatic heterocycles. The van der Waals surface area contributed by atoms with Gasteiger partial charge >= 0.3 is 0 Å². The predicted octanol–water partition coefficient (Wildman–Crippen LogP) is 3.89. The SMILES string of the molecule is CCCc1cn(CCCNc2ncc(-c3ccc(Br)cc3)[nH]2)nn1. The molecule has 7 heteroatoms. The Morgan fingerprint density at radius 2 is 2.08 bits per heavy atom. The highest BCUT2D eigenvalue weighted by molar-refractivity contribution is 9.10. The summed E-state index contributed by atoms with van der Waals surface area (Å²) < 4.78 is 2.97. The van der Waals surface area contributed by atoms with Gasteiger partial charge in [-0.05, 0) is 30.5 Å². The summed E-state index contributed by atoms with van der Waals surface area (Å²) in [4.78, 5) is 7.67. The predicted molar refractivity (Wildman–Crippen MR) is 98.8 cm³/mol. The van der Waals surface area contributed by atoms with E-state index in [2.05, 4.69) is 60.6 Å². The second-order valence-corrected chi connectivity index (χ2v) is 6.57. The van der Waals surface area contributed by atoms with E-state index in [9.17, 15) is 0 Å². The van der Waals surface area contributed by atoms with Gasteiger partial charge in [0.05, 0.1) is 17.6 Å². The van der Waals surface area contributed by atoms with Crippen molar-refractivity contribution in [1.82, 2.24) is 25.0 Å². The molecule has 0 bridgehead atoms. The summed E-state index contributed by atoms with van der Waals surface area (Å²) in [5, 5.41) is 11.6. The maximum Gasteiger partial charge on any atom is 0.200 e. The molecule has 0 unspecified atom stereocenters. The first-order valence-corrected chi connectivity index (χ1v) is 8.97. The lowest BCUT2D eigenvalue weighted by atomic mass is 10.2. The Morgan fingerprint density at radius 3 is 2.88 bits per heavy atom. The third-order valence-corrected chi connectivity index (χ3v) is 4.21. The smallest absolute Gasteiger partial charge is 0.200 e. The van der Waals surface area contributed by atoms with Gasteiger partial charge in [-0.25, -0.2) is 4.98 Å². The summed E-state index contributed by atoms with van der Waals surface area (Å²) in [6.45, 7) is 3.83. The van der Waals surface area contributed by atoms with Crippen LogP contribution < -0.4 is 5.32 Å². The maximum atomic E-state index is 4.37. The summed E-state index contributed by atoms with van der Waals surface area (Å²) in [5.41, 5.74) is 3.19. The molecule has 1 aromatic carbocycles. The molecular formula is C17H21BrN6. The van der Waals surface area contributed by atoms with Gasteiger partial charge in [0.15, 0.2) is 0 Å². The molecule has 3 rings (SSSR count). The first-order valence-electron chi connectivity index (χ1n) is 8.18. The zero-order valence-electron chi connectivity index (χ0n) is 13.7. The molecule has 2 N–H and O–H groups in total. The van der Waals surface area contributed by atoms with Crippen LogP contribution in [0.3, 0.4) is 0 Å². The van der Waals surface area contributed by atoms with Crippen molar-refractivity contribution < 1.29 is 0 Å². The van der Waals surface area contributed by atoms with Gasteiger partial charge in [0.25, 0.3) is 0 Å². The van der Waals surface area contributed by atoms with Crippen molar-refractivity contribution >= 4 is 21.9 Å². The second kappa shape index (κ2) is 8.10. The molecule has 0 atom stereocenters. The van der Waals surface area contributed by atoms with Gasteiger partial charge < -0.3 is 10.3 Å². The van der Waals surface area contributed by atoms with E-state index in [0.717, 1.165) is 59.7 Å². The lowest BCUT2D eigenvalue weighted by molar-refractivity contribution is 0.569. The fourth-order valence-corrected chi connectivity index (χ4v) is 2.72. The Hall–Kier alpha value is -2.15. The normalized spacial score (nSPS) is 10.9. The number of hydrogen-bond donors (Lipinski definition) is 2. The summed E-state index contributed by atoms with van der Waals surface area (Å²) in [5.74, 6) is 0.790. The summed E-state index contributed by atoms with van der Waals surface area (Å²) in [6, 6.07) is 8.16. The standard InChI is InChI=1S/C17H21BrN6/c1-2-4-15-12-24(23-22-15)10-3-9-19-17-20-11-16(21-17)13-5-7-14(18)8-6-13/h5-8,11-12H,2-4,9-10H2,1H3,(H2,19,20,21). The molecule has 24 heavy (non-hydrogen) atoms. The van der Waals surface area contributed by atoms with Crippen LogP contribution in [-0.4, -0.2) is 31.5 Å². The van der Waals surface area contributed by atoms with Gasteiger partial charge in [0.1, 0.15) is 0 Å². The van der Waals surface area contributed by atoms with Crippen molar-refractivity contribution in [3.63, 3.8) is 0 Å². The largest absolute Gasteiger partial charge is 0.356 e. The van der Waals surface area contributed by atoms with Crippen LogP contribution >= 0.6 is 15.9 Å². The van der Waals surface area contributed by atoms with Crippen molar-refractivity contribution in [3.05, 3.63) is 46.8 Å². The van der Waals surface area contributed by atoms with Crippen LogP contribution in [0.1, 0.15) is 25.5 Å². The van der Waals surface area contributed by atoms with E-state index in [1.165, 1.54) is 0 Å². The molecule has 2 heterocycles. The van der Waals surface area contributed by atoms with Crippen LogP contribution in [0.25, 0.3) is 11.3 Å². The number of hydrogen-bond acceptors (Lipinski definition) is 4. The van der Waals surface area contributed by atoms with Crippen LogP contribution in [0.5, 0.6) is 0 Å². The van der Waals surface area contributed by atoms with Gasteiger partial charge in [0.2, 0.25) is 5.95 Å². The third kappa shape index (κ3) is 4.44. The number of aryl methyl sites for hydroxylation is 2. The average Bonchev–Trinajstić information content (AvgIpc) is 3.22. The Labute approximate surface area is 149 Å². The van der Waals surface area contributed by atoms with Gasteiger partial charge in [-0.15, -0.1) is 5.10 Å². The molecule has 0 amide bonds. The van der Waals surface area contributed by atoms with Crippen LogP contribution in [0.15, 0.2) is 41.1 Å². The molecular weight excluding hydrogens is 368 g/mol. The van der Waals surface area contributed by atoms with Crippen molar-refractivity contribution in [3.8, 4) is 11.3 Å². The zero-order chi connectivity index (χ0) is 16.8. The van der Waals surface area contributed by atoms with E-state index >= 15 is 0 Å². The first-order chi connectivity index (χ1) is 11.7. The average molecular weight is 389 g/mol. The van der Waals surface area contributed by atoms with Gasteiger partial charge in [-0.2, -0.15) is 0 Å². The molecule has 0 saturated carbocycles. The molecule has 3 aromatic rings. The fourth-order valence-electron chi connectivity index (χ4n) is 2.45. The van der Waals surface area contributed by atoms with E-state index in [0.29, 0.717) is 0 Å². The van der Waals surface area contributed by atoms with E-state index in [1.807, 2.05) is 29.2 Å². The van der Waals surface area contributed by atoms with Crippen LogP contribution in [0.2, 0.25) is 0 Å². The molecule has 0 saturated heterocycles. The van der Waals surface area contributed by atoms with E-state index in [1.54, 1.807) is 0 Å². The number of rotatable bonds is 8. The minimum absolute atomic E-state index is 0.790. The number of H-pyrrole nitrogens is 1. The van der Waals surface area contributed by atoms with E-state index in [4.69, 9.17) is 0 Å². The highest BCUT2D eigenvalue weighted by Gasteiger charge is 2.03. The molecule has 0 radical (unpaired) electrons. The Kier molecular flexibility index (Phi) is 5.63. The zero-order valence-corrected chi connectivity index (χ0v) is 15.3. The lowest BCUT2D eigenvalue weighted by Gasteiger charge is -2.03. The van der Waals surface area contributed by atoms with Crippen molar-refractivity contribution in [2.75, 3.05) is 11.9 Å². The monoisotopic (exact) mass is 388 g/mol. The number of benzene rings is 1. The van der Waals surface area contributed by atoms with E-state index in [-0.39, 0.29) is 0 Å². The lowest BCUT2D eigenvalue weighted by Crippen LogP contribution is -2.08. The minimum Gasteiger partial charge on any atom is -0.356 e. The molecule has 0 spiro atoms. The van der Waals surface area contributed by atoms with Gasteiger partial charge in [0, 0.05) is 23.8 Å². The third-order valence-electron chi connectivity index (χ3n) is 3.68. The number of nitrogens with zero attached hydrogens (tertiary/aromatic N) is 4. The van der Waals surface area contributed by atoms with Crippen LogP contribution in [0, 0.1) is 0 Å². The number of aromatic nitrogens is 5. The van der Waals surface area contributed by atoms with Gasteiger partial charge in [-0.1, -0.05) is 46.6 Å². The van der Waals surface area contributed by atoms with Crippen molar-refractivity contribution in [2.24, 2.45) is 0 Å². The Bertz CT molecular complexity index is 761. The number of anilines is 1. The molecule has 0 fully saturated rings. The van der Waals surface area contributed by atoms with Crippen LogP contribution in [0.4, 0.5) is 5.95 Å². The maximum absolute atomic E-state index is 4.37. The highest BCUT2D eigenvalue weighted by atomic mass is 79.9. The minimum atomic E-state index is 0.790. The number of halogens is 1. The summed E-state index contributed by atoms with van der Waals surface area (Å²) >= 11 is 3.44. The Balaban J connectivity index is 1.46. The highest BCUT2D eigenvalue weighted by Crippen LogP contribution is 2.20. The van der Waals surface area contributed by atoms with E-state index < -0.39 is 0 Å². The second-order valence-electron chi connectivity index (χ2n) is 5.66. The molecule has 6 nitrogen and oxygen atoms in total. The van der Waals surface area contributed by atoms with Crippen molar-refractivity contribution in [1.29, 1.82) is 0 Å².